The van der Waals surface area contributed by atoms with Crippen LogP contribution < -0.4 is 10.1 Å². The zero-order chi connectivity index (χ0) is 23.0. The van der Waals surface area contributed by atoms with Crippen LogP contribution in [0.2, 0.25) is 0 Å². The van der Waals surface area contributed by atoms with Gasteiger partial charge in [-0.1, -0.05) is 39.0 Å². The van der Waals surface area contributed by atoms with Crippen LogP contribution in [0, 0.1) is 11.7 Å². The number of fused-ring (bicyclic) bond motifs is 3. The van der Waals surface area contributed by atoms with Gasteiger partial charge in [0.25, 0.3) is 11.8 Å². The maximum atomic E-state index is 14.7. The van der Waals surface area contributed by atoms with E-state index in [1.54, 1.807) is 24.3 Å². The highest BCUT2D eigenvalue weighted by molar-refractivity contribution is 6.04. The second-order valence-corrected chi connectivity index (χ2v) is 8.24. The van der Waals surface area contributed by atoms with Gasteiger partial charge in [0.1, 0.15) is 6.04 Å². The summed E-state index contributed by atoms with van der Waals surface area (Å²) in [5, 5.41) is 2.66. The van der Waals surface area contributed by atoms with Crippen molar-refractivity contribution < 1.29 is 28.2 Å². The molecule has 0 aromatic heterocycles. The summed E-state index contributed by atoms with van der Waals surface area (Å²) in [6, 6.07) is 8.91. The van der Waals surface area contributed by atoms with Crippen molar-refractivity contribution in [1.29, 1.82) is 0 Å². The molecule has 8 heteroatoms. The van der Waals surface area contributed by atoms with Crippen molar-refractivity contribution >= 4 is 17.8 Å². The van der Waals surface area contributed by atoms with E-state index in [0.29, 0.717) is 28.8 Å². The van der Waals surface area contributed by atoms with Gasteiger partial charge in [0.15, 0.2) is 18.2 Å². The van der Waals surface area contributed by atoms with Gasteiger partial charge in [-0.05, 0) is 41.7 Å². The lowest BCUT2D eigenvalue weighted by Gasteiger charge is -2.22. The average molecular weight is 440 g/mol. The molecule has 0 saturated carbocycles. The normalized spacial score (nSPS) is 19.1. The Hall–Kier alpha value is -3.42. The van der Waals surface area contributed by atoms with Gasteiger partial charge in [0, 0.05) is 17.7 Å². The van der Waals surface area contributed by atoms with E-state index in [9.17, 15) is 18.8 Å². The molecule has 7 nitrogen and oxygen atoms in total. The maximum absolute atomic E-state index is 14.7. The highest BCUT2D eigenvalue weighted by atomic mass is 19.1. The van der Waals surface area contributed by atoms with Gasteiger partial charge in [-0.25, -0.2) is 9.18 Å². The number of carbonyl (C=O) groups excluding carboxylic acids is 3. The number of hydrogen-bond acceptors (Lipinski definition) is 5. The summed E-state index contributed by atoms with van der Waals surface area (Å²) in [6.07, 6.45) is -0.0282. The SMILES string of the molecule is CCCNC(=O)COc1ccc(-c2cccc3c2C2OC(=O)C(C(C)C)N2C3=O)cc1F. The lowest BCUT2D eigenvalue weighted by Crippen LogP contribution is -2.39. The van der Waals surface area contributed by atoms with Gasteiger partial charge in [-0.3, -0.25) is 14.5 Å². The largest absolute Gasteiger partial charge is 0.481 e. The molecule has 0 aliphatic carbocycles. The van der Waals surface area contributed by atoms with Crippen LogP contribution in [0.25, 0.3) is 11.1 Å². The molecule has 2 aromatic carbocycles. The molecule has 2 atom stereocenters. The first-order valence-electron chi connectivity index (χ1n) is 10.7. The number of nitrogens with one attached hydrogen (secondary N) is 1. The van der Waals surface area contributed by atoms with Gasteiger partial charge in [0.2, 0.25) is 6.23 Å². The first-order chi connectivity index (χ1) is 15.3. The molecule has 0 radical (unpaired) electrons. The zero-order valence-electron chi connectivity index (χ0n) is 18.2. The van der Waals surface area contributed by atoms with Crippen LogP contribution in [-0.4, -0.2) is 41.9 Å². The summed E-state index contributed by atoms with van der Waals surface area (Å²) in [4.78, 5) is 38.6. The molecule has 4 rings (SSSR count). The third kappa shape index (κ3) is 3.70. The number of ether oxygens (including phenoxy) is 2. The second-order valence-electron chi connectivity index (χ2n) is 8.24. The number of nitrogens with zero attached hydrogens (tertiary/aromatic N) is 1. The minimum atomic E-state index is -0.824. The molecule has 2 aliphatic rings. The summed E-state index contributed by atoms with van der Waals surface area (Å²) >= 11 is 0. The van der Waals surface area contributed by atoms with Crippen molar-refractivity contribution in [3.05, 3.63) is 53.3 Å². The monoisotopic (exact) mass is 440 g/mol. The predicted octanol–water partition coefficient (Wildman–Crippen LogP) is 3.43. The Morgan fingerprint density at radius 3 is 2.66 bits per heavy atom. The fourth-order valence-corrected chi connectivity index (χ4v) is 4.17. The van der Waals surface area contributed by atoms with Crippen LogP contribution >= 0.6 is 0 Å². The van der Waals surface area contributed by atoms with E-state index in [0.717, 1.165) is 6.42 Å². The first-order valence-corrected chi connectivity index (χ1v) is 10.7. The Bertz CT molecular complexity index is 1080. The van der Waals surface area contributed by atoms with Crippen molar-refractivity contribution in [1.82, 2.24) is 10.2 Å². The number of esters is 1. The number of halogens is 1. The highest BCUT2D eigenvalue weighted by Gasteiger charge is 2.53. The number of carbonyl (C=O) groups is 3. The van der Waals surface area contributed by atoms with Gasteiger partial charge < -0.3 is 14.8 Å². The third-order valence-corrected chi connectivity index (χ3v) is 5.64. The second kappa shape index (κ2) is 8.61. The van der Waals surface area contributed by atoms with Gasteiger partial charge >= 0.3 is 5.97 Å². The molecule has 32 heavy (non-hydrogen) atoms. The van der Waals surface area contributed by atoms with Crippen LogP contribution in [0.4, 0.5) is 4.39 Å². The van der Waals surface area contributed by atoms with Crippen LogP contribution in [-0.2, 0) is 14.3 Å². The van der Waals surface area contributed by atoms with Crippen LogP contribution in [0.5, 0.6) is 5.75 Å². The summed E-state index contributed by atoms with van der Waals surface area (Å²) in [5.74, 6) is -1.80. The Labute approximate surface area is 185 Å². The molecule has 1 saturated heterocycles. The van der Waals surface area contributed by atoms with Crippen molar-refractivity contribution in [2.75, 3.05) is 13.2 Å². The van der Waals surface area contributed by atoms with Crippen molar-refractivity contribution in [3.63, 3.8) is 0 Å². The molecule has 2 unspecified atom stereocenters. The smallest absolute Gasteiger partial charge is 0.331 e. The maximum Gasteiger partial charge on any atom is 0.331 e. The molecule has 2 aliphatic heterocycles. The van der Waals surface area contributed by atoms with Crippen molar-refractivity contribution in [2.24, 2.45) is 5.92 Å². The average Bonchev–Trinajstić information content (AvgIpc) is 3.24. The lowest BCUT2D eigenvalue weighted by atomic mass is 9.96. The van der Waals surface area contributed by atoms with E-state index in [-0.39, 0.29) is 30.1 Å². The van der Waals surface area contributed by atoms with Crippen molar-refractivity contribution in [2.45, 2.75) is 39.5 Å². The Kier molecular flexibility index (Phi) is 5.86. The molecule has 2 amide bonds. The van der Waals surface area contributed by atoms with Crippen molar-refractivity contribution in [3.8, 4) is 16.9 Å². The Morgan fingerprint density at radius 2 is 1.97 bits per heavy atom. The highest BCUT2D eigenvalue weighted by Crippen LogP contribution is 2.46. The number of hydrogen-bond donors (Lipinski definition) is 1. The van der Waals surface area contributed by atoms with Crippen LogP contribution in [0.3, 0.4) is 0 Å². The topological polar surface area (TPSA) is 84.9 Å². The zero-order valence-corrected chi connectivity index (χ0v) is 18.2. The van der Waals surface area contributed by atoms with Crippen LogP contribution in [0.1, 0.15) is 49.3 Å². The van der Waals surface area contributed by atoms with Gasteiger partial charge in [0.05, 0.1) is 0 Å². The molecule has 0 bridgehead atoms. The quantitative estimate of drug-likeness (QED) is 0.667. The molecule has 168 valence electrons. The fourth-order valence-electron chi connectivity index (χ4n) is 4.17. The molecule has 1 fully saturated rings. The van der Waals surface area contributed by atoms with Crippen LogP contribution in [0.15, 0.2) is 36.4 Å². The van der Waals surface area contributed by atoms with E-state index in [1.807, 2.05) is 20.8 Å². The molecular formula is C24H25FN2O5. The lowest BCUT2D eigenvalue weighted by molar-refractivity contribution is -0.143. The fraction of sp³-hybridized carbons (Fsp3) is 0.375. The minimum absolute atomic E-state index is 0.0437. The number of amides is 2. The summed E-state index contributed by atoms with van der Waals surface area (Å²) in [5.41, 5.74) is 2.12. The molecule has 2 aromatic rings. The molecule has 0 spiro atoms. The summed E-state index contributed by atoms with van der Waals surface area (Å²) in [7, 11) is 0. The summed E-state index contributed by atoms with van der Waals surface area (Å²) in [6.45, 7) is 5.91. The van der Waals surface area contributed by atoms with E-state index < -0.39 is 24.1 Å². The molecular weight excluding hydrogens is 415 g/mol. The Morgan fingerprint density at radius 1 is 1.22 bits per heavy atom. The summed E-state index contributed by atoms with van der Waals surface area (Å²) < 4.78 is 25.6. The third-order valence-electron chi connectivity index (χ3n) is 5.64. The Balaban J connectivity index is 1.62. The predicted molar refractivity (Wildman–Crippen MR) is 114 cm³/mol. The first kappa shape index (κ1) is 21.8. The van der Waals surface area contributed by atoms with Gasteiger partial charge in [-0.15, -0.1) is 0 Å². The van der Waals surface area contributed by atoms with E-state index in [2.05, 4.69) is 5.32 Å². The van der Waals surface area contributed by atoms with E-state index in [4.69, 9.17) is 9.47 Å². The number of rotatable bonds is 7. The number of benzene rings is 2. The van der Waals surface area contributed by atoms with E-state index in [1.165, 1.54) is 17.0 Å². The molecule has 1 N–H and O–H groups in total. The van der Waals surface area contributed by atoms with E-state index >= 15 is 0 Å². The minimum Gasteiger partial charge on any atom is -0.481 e. The van der Waals surface area contributed by atoms with Gasteiger partial charge in [-0.2, -0.15) is 0 Å². The standard InChI is InChI=1S/C24H25FN2O5/c1-4-10-26-19(28)12-31-18-9-8-14(11-17(18)25)15-6-5-7-16-20(15)23-27(22(16)29)21(13(2)3)24(30)32-23/h5-9,11,13,21,23H,4,10,12H2,1-3H3,(H,26,28). The molecule has 2 heterocycles.